The van der Waals surface area contributed by atoms with E-state index in [2.05, 4.69) is 0 Å². The number of rotatable bonds is 2. The molecule has 0 saturated carbocycles. The Morgan fingerprint density at radius 1 is 1.14 bits per heavy atom. The lowest BCUT2D eigenvalue weighted by molar-refractivity contribution is -0.384. The fourth-order valence-corrected chi connectivity index (χ4v) is 3.53. The molecule has 0 N–H and O–H groups in total. The van der Waals surface area contributed by atoms with E-state index in [4.69, 9.17) is 16.3 Å². The summed E-state index contributed by atoms with van der Waals surface area (Å²) in [4.78, 5) is 36.4. The topological polar surface area (TPSA) is 89.8 Å². The Labute approximate surface area is 129 Å². The molecule has 1 aromatic rings. The maximum Gasteiger partial charge on any atom is 0.271 e. The molecule has 8 heteroatoms. The van der Waals surface area contributed by atoms with E-state index < -0.39 is 40.8 Å². The van der Waals surface area contributed by atoms with Crippen LogP contribution in [0.5, 0.6) is 0 Å². The van der Waals surface area contributed by atoms with Crippen LogP contribution in [0.3, 0.4) is 0 Å². The quantitative estimate of drug-likeness (QED) is 0.358. The number of carbonyl (C=O) groups is 2. The highest BCUT2D eigenvalue weighted by atomic mass is 35.5. The van der Waals surface area contributed by atoms with Gasteiger partial charge in [-0.1, -0.05) is 23.8 Å². The van der Waals surface area contributed by atoms with Gasteiger partial charge in [-0.15, -0.1) is 0 Å². The number of nitro groups is 1. The zero-order valence-corrected chi connectivity index (χ0v) is 11.8. The summed E-state index contributed by atoms with van der Waals surface area (Å²) in [5.74, 6) is -1.99. The first-order chi connectivity index (χ1) is 10.5. The number of halogens is 1. The van der Waals surface area contributed by atoms with Gasteiger partial charge in [-0.2, -0.15) is 0 Å². The number of ether oxygens (including phenoxy) is 1. The lowest BCUT2D eigenvalue weighted by Gasteiger charge is -2.18. The number of carbonyl (C=O) groups excluding carboxylic acids is 2. The summed E-state index contributed by atoms with van der Waals surface area (Å²) in [5, 5.41) is 11.0. The van der Waals surface area contributed by atoms with Crippen molar-refractivity contribution in [3.8, 4) is 0 Å². The summed E-state index contributed by atoms with van der Waals surface area (Å²) in [6.45, 7) is 0. The average Bonchev–Trinajstić information content (AvgIpc) is 3.14. The molecule has 2 bridgehead atoms. The molecule has 0 unspecified atom stereocenters. The Morgan fingerprint density at radius 2 is 1.73 bits per heavy atom. The fraction of sp³-hybridized carbons (Fsp3) is 0.286. The zero-order valence-electron chi connectivity index (χ0n) is 11.0. The van der Waals surface area contributed by atoms with Crippen LogP contribution < -0.4 is 4.90 Å². The van der Waals surface area contributed by atoms with E-state index in [1.807, 2.05) is 0 Å². The molecular formula is C14H9ClN2O5. The molecule has 7 nitrogen and oxygen atoms in total. The van der Waals surface area contributed by atoms with Gasteiger partial charge in [0.05, 0.1) is 39.7 Å². The molecule has 2 amide bonds. The number of amides is 2. The average molecular weight is 321 g/mol. The lowest BCUT2D eigenvalue weighted by Crippen LogP contribution is -2.34. The number of hydrogen-bond donors (Lipinski definition) is 0. The van der Waals surface area contributed by atoms with Crippen LogP contribution in [0.15, 0.2) is 30.4 Å². The van der Waals surface area contributed by atoms with Crippen LogP contribution in [0.4, 0.5) is 11.4 Å². The summed E-state index contributed by atoms with van der Waals surface area (Å²) >= 11 is 6.04. The Morgan fingerprint density at radius 3 is 2.27 bits per heavy atom. The van der Waals surface area contributed by atoms with Crippen molar-refractivity contribution in [3.05, 3.63) is 45.5 Å². The SMILES string of the molecule is O=C1[C@@H]2[C@@H](C(=O)N1c1cc([N+](=O)[O-])ccc1Cl)[C@H]1C=C[C@@H]2O1. The maximum absolute atomic E-state index is 12.6. The van der Waals surface area contributed by atoms with E-state index in [0.717, 1.165) is 11.0 Å². The van der Waals surface area contributed by atoms with Crippen molar-refractivity contribution in [2.75, 3.05) is 4.90 Å². The predicted octanol–water partition coefficient (Wildman–Crippen LogP) is 1.69. The number of fused-ring (bicyclic) bond motifs is 5. The molecule has 2 saturated heterocycles. The highest BCUT2D eigenvalue weighted by molar-refractivity contribution is 6.36. The van der Waals surface area contributed by atoms with Crippen LogP contribution in [-0.2, 0) is 14.3 Å². The first kappa shape index (κ1) is 13.4. The maximum atomic E-state index is 12.6. The Hall–Kier alpha value is -2.25. The van der Waals surface area contributed by atoms with Gasteiger partial charge in [0.25, 0.3) is 5.69 Å². The van der Waals surface area contributed by atoms with Crippen LogP contribution in [0.25, 0.3) is 0 Å². The smallest absolute Gasteiger partial charge is 0.271 e. The largest absolute Gasteiger partial charge is 0.365 e. The second-order valence-corrected chi connectivity index (χ2v) is 5.81. The van der Waals surface area contributed by atoms with Crippen molar-refractivity contribution in [2.45, 2.75) is 12.2 Å². The van der Waals surface area contributed by atoms with E-state index in [1.54, 1.807) is 12.2 Å². The second-order valence-electron chi connectivity index (χ2n) is 5.41. The summed E-state index contributed by atoms with van der Waals surface area (Å²) in [5.41, 5.74) is -0.172. The zero-order chi connectivity index (χ0) is 15.6. The summed E-state index contributed by atoms with van der Waals surface area (Å²) in [6.07, 6.45) is 2.73. The molecule has 0 aromatic heterocycles. The van der Waals surface area contributed by atoms with Gasteiger partial charge in [-0.25, -0.2) is 4.90 Å². The third-order valence-corrected chi connectivity index (χ3v) is 4.61. The number of benzene rings is 1. The van der Waals surface area contributed by atoms with Crippen LogP contribution in [-0.4, -0.2) is 28.9 Å². The van der Waals surface area contributed by atoms with Crippen molar-refractivity contribution in [3.63, 3.8) is 0 Å². The molecule has 22 heavy (non-hydrogen) atoms. The number of nitrogens with zero attached hydrogens (tertiary/aromatic N) is 2. The third-order valence-electron chi connectivity index (χ3n) is 4.29. The predicted molar refractivity (Wildman–Crippen MR) is 75.4 cm³/mol. The number of imide groups is 1. The van der Waals surface area contributed by atoms with Gasteiger partial charge in [-0.3, -0.25) is 19.7 Å². The van der Waals surface area contributed by atoms with Crippen molar-refractivity contribution in [1.29, 1.82) is 0 Å². The molecule has 2 fully saturated rings. The van der Waals surface area contributed by atoms with Gasteiger partial charge in [0.1, 0.15) is 0 Å². The molecular weight excluding hydrogens is 312 g/mol. The summed E-state index contributed by atoms with van der Waals surface area (Å²) in [7, 11) is 0. The van der Waals surface area contributed by atoms with Crippen molar-refractivity contribution < 1.29 is 19.2 Å². The van der Waals surface area contributed by atoms with E-state index in [1.165, 1.54) is 12.1 Å². The molecule has 3 aliphatic rings. The fourth-order valence-electron chi connectivity index (χ4n) is 3.33. The van der Waals surface area contributed by atoms with Gasteiger partial charge in [0.2, 0.25) is 11.8 Å². The minimum absolute atomic E-state index is 0.0552. The Balaban J connectivity index is 1.79. The van der Waals surface area contributed by atoms with Gasteiger partial charge in [0, 0.05) is 12.1 Å². The molecule has 0 spiro atoms. The van der Waals surface area contributed by atoms with E-state index in [-0.39, 0.29) is 16.4 Å². The van der Waals surface area contributed by atoms with Gasteiger partial charge < -0.3 is 4.74 Å². The van der Waals surface area contributed by atoms with Crippen molar-refractivity contribution in [2.24, 2.45) is 11.8 Å². The molecule has 1 aromatic carbocycles. The van der Waals surface area contributed by atoms with Crippen LogP contribution in [0, 0.1) is 22.0 Å². The third kappa shape index (κ3) is 1.60. The number of hydrogen-bond acceptors (Lipinski definition) is 5. The molecule has 0 aliphatic carbocycles. The minimum atomic E-state index is -0.597. The molecule has 3 heterocycles. The van der Waals surface area contributed by atoms with Gasteiger partial charge >= 0.3 is 0 Å². The number of anilines is 1. The minimum Gasteiger partial charge on any atom is -0.365 e. The molecule has 4 atom stereocenters. The van der Waals surface area contributed by atoms with Crippen molar-refractivity contribution in [1.82, 2.24) is 0 Å². The monoisotopic (exact) mass is 320 g/mol. The molecule has 0 radical (unpaired) electrons. The molecule has 4 rings (SSSR count). The van der Waals surface area contributed by atoms with Crippen LogP contribution in [0.1, 0.15) is 0 Å². The Bertz CT molecular complexity index is 732. The number of non-ortho nitro benzene ring substituents is 1. The van der Waals surface area contributed by atoms with Crippen LogP contribution >= 0.6 is 11.6 Å². The molecule has 112 valence electrons. The first-order valence-corrected chi connectivity index (χ1v) is 7.02. The normalized spacial score (nSPS) is 32.0. The first-order valence-electron chi connectivity index (χ1n) is 6.64. The van der Waals surface area contributed by atoms with E-state index in [9.17, 15) is 19.7 Å². The second kappa shape index (κ2) is 4.37. The van der Waals surface area contributed by atoms with E-state index in [0.29, 0.717) is 0 Å². The highest BCUT2D eigenvalue weighted by Gasteiger charge is 2.61. The Kier molecular flexibility index (Phi) is 2.67. The number of nitro benzene ring substituents is 1. The standard InChI is InChI=1S/C14H9ClN2O5/c15-7-2-1-6(17(20)21)5-8(7)16-13(18)11-9-3-4-10(22-9)12(11)14(16)19/h1-5,9-12H/t9-,10+,11-,12-/m0/s1. The van der Waals surface area contributed by atoms with Gasteiger partial charge in [0.15, 0.2) is 0 Å². The molecule has 3 aliphatic heterocycles. The summed E-state index contributed by atoms with van der Waals surface area (Å²) < 4.78 is 5.54. The highest BCUT2D eigenvalue weighted by Crippen LogP contribution is 2.47. The summed E-state index contributed by atoms with van der Waals surface area (Å²) in [6, 6.07) is 3.69. The van der Waals surface area contributed by atoms with E-state index >= 15 is 0 Å². The van der Waals surface area contributed by atoms with Gasteiger partial charge in [-0.05, 0) is 6.07 Å². The van der Waals surface area contributed by atoms with Crippen molar-refractivity contribution >= 4 is 34.8 Å². The van der Waals surface area contributed by atoms with Crippen LogP contribution in [0.2, 0.25) is 5.02 Å². The lowest BCUT2D eigenvalue weighted by atomic mass is 9.85.